The molecule has 0 bridgehead atoms. The summed E-state index contributed by atoms with van der Waals surface area (Å²) in [4.78, 5) is 15.0. The van der Waals surface area contributed by atoms with Crippen LogP contribution in [0.4, 0.5) is 0 Å². The van der Waals surface area contributed by atoms with E-state index in [9.17, 15) is 4.79 Å². The summed E-state index contributed by atoms with van der Waals surface area (Å²) in [6.07, 6.45) is 5.44. The molecule has 1 amide bonds. The number of rotatable bonds is 5. The quantitative estimate of drug-likeness (QED) is 0.847. The molecule has 0 spiro atoms. The highest BCUT2D eigenvalue weighted by Crippen LogP contribution is 2.26. The minimum atomic E-state index is -0.519. The molecule has 0 radical (unpaired) electrons. The van der Waals surface area contributed by atoms with Gasteiger partial charge in [-0.2, -0.15) is 5.10 Å². The topological polar surface area (TPSA) is 47.4 Å². The molecule has 0 aliphatic carbocycles. The molecule has 1 aliphatic heterocycles. The number of hydrogen-bond acceptors (Lipinski definition) is 3. The summed E-state index contributed by atoms with van der Waals surface area (Å²) in [6.45, 7) is 5.95. The molecule has 1 aromatic heterocycles. The highest BCUT2D eigenvalue weighted by molar-refractivity contribution is 5.82. The SMILES string of the molecule is CCO[C@@H](C(=O)N1CCC[C@H](n2cc(C)cn2)C1)c1ccccc1. The molecular weight excluding hydrogens is 302 g/mol. The van der Waals surface area contributed by atoms with Gasteiger partial charge in [-0.25, -0.2) is 0 Å². The molecular formula is C19H25N3O2. The van der Waals surface area contributed by atoms with E-state index in [1.54, 1.807) is 0 Å². The van der Waals surface area contributed by atoms with Gasteiger partial charge in [0.1, 0.15) is 0 Å². The average Bonchev–Trinajstić information content (AvgIpc) is 3.06. The summed E-state index contributed by atoms with van der Waals surface area (Å²) < 4.78 is 7.77. The molecule has 1 aliphatic rings. The second-order valence-electron chi connectivity index (χ2n) is 6.32. The van der Waals surface area contributed by atoms with Crippen LogP contribution < -0.4 is 0 Å². The van der Waals surface area contributed by atoms with E-state index in [1.807, 2.05) is 60.0 Å². The highest BCUT2D eigenvalue weighted by atomic mass is 16.5. The van der Waals surface area contributed by atoms with Crippen LogP contribution in [-0.2, 0) is 9.53 Å². The predicted octanol–water partition coefficient (Wildman–Crippen LogP) is 3.13. The fraction of sp³-hybridized carbons (Fsp3) is 0.474. The molecule has 1 saturated heterocycles. The van der Waals surface area contributed by atoms with Crippen LogP contribution in [0.3, 0.4) is 0 Å². The van der Waals surface area contributed by atoms with Crippen molar-refractivity contribution in [1.82, 2.24) is 14.7 Å². The van der Waals surface area contributed by atoms with Crippen molar-refractivity contribution in [3.8, 4) is 0 Å². The van der Waals surface area contributed by atoms with Crippen molar-refractivity contribution in [2.24, 2.45) is 0 Å². The first-order valence-electron chi connectivity index (χ1n) is 8.65. The van der Waals surface area contributed by atoms with Crippen LogP contribution in [0.25, 0.3) is 0 Å². The number of aryl methyl sites for hydroxylation is 1. The number of likely N-dealkylation sites (tertiary alicyclic amines) is 1. The minimum absolute atomic E-state index is 0.0524. The second-order valence-corrected chi connectivity index (χ2v) is 6.32. The number of ether oxygens (including phenoxy) is 1. The number of carbonyl (C=O) groups is 1. The third-order valence-corrected chi connectivity index (χ3v) is 4.47. The fourth-order valence-corrected chi connectivity index (χ4v) is 3.27. The molecule has 5 heteroatoms. The van der Waals surface area contributed by atoms with Gasteiger partial charge in [-0.05, 0) is 37.8 Å². The Morgan fingerprint density at radius 3 is 2.83 bits per heavy atom. The Morgan fingerprint density at radius 2 is 2.17 bits per heavy atom. The van der Waals surface area contributed by atoms with Crippen LogP contribution in [-0.4, -0.2) is 40.3 Å². The molecule has 5 nitrogen and oxygen atoms in total. The van der Waals surface area contributed by atoms with Gasteiger partial charge in [-0.15, -0.1) is 0 Å². The highest BCUT2D eigenvalue weighted by Gasteiger charge is 2.31. The molecule has 128 valence electrons. The second kappa shape index (κ2) is 7.62. The number of hydrogen-bond donors (Lipinski definition) is 0. The molecule has 2 heterocycles. The number of nitrogens with zero attached hydrogens (tertiary/aromatic N) is 3. The van der Waals surface area contributed by atoms with Crippen molar-refractivity contribution >= 4 is 5.91 Å². The summed E-state index contributed by atoms with van der Waals surface area (Å²) in [5.41, 5.74) is 2.07. The van der Waals surface area contributed by atoms with Crippen molar-refractivity contribution in [1.29, 1.82) is 0 Å². The predicted molar refractivity (Wildman–Crippen MR) is 92.6 cm³/mol. The van der Waals surface area contributed by atoms with E-state index in [0.717, 1.165) is 30.5 Å². The molecule has 2 atom stereocenters. The van der Waals surface area contributed by atoms with E-state index in [2.05, 4.69) is 11.3 Å². The third kappa shape index (κ3) is 3.67. The standard InChI is InChI=1S/C19H25N3O2/c1-3-24-18(16-8-5-4-6-9-16)19(23)21-11-7-10-17(14-21)22-13-15(2)12-20-22/h4-6,8-9,12-13,17-18H,3,7,10-11,14H2,1-2H3/t17-,18+/m0/s1. The van der Waals surface area contributed by atoms with E-state index >= 15 is 0 Å². The Bertz CT molecular complexity index is 668. The molecule has 0 saturated carbocycles. The Morgan fingerprint density at radius 1 is 1.38 bits per heavy atom. The van der Waals surface area contributed by atoms with Crippen molar-refractivity contribution < 1.29 is 9.53 Å². The van der Waals surface area contributed by atoms with Crippen LogP contribution in [0, 0.1) is 6.92 Å². The van der Waals surface area contributed by atoms with Gasteiger partial charge >= 0.3 is 0 Å². The van der Waals surface area contributed by atoms with Crippen LogP contribution >= 0.6 is 0 Å². The molecule has 24 heavy (non-hydrogen) atoms. The summed E-state index contributed by atoms with van der Waals surface area (Å²) in [5.74, 6) is 0.0524. The number of amides is 1. The molecule has 0 unspecified atom stereocenters. The van der Waals surface area contributed by atoms with Gasteiger partial charge in [0.25, 0.3) is 5.91 Å². The van der Waals surface area contributed by atoms with Crippen molar-refractivity contribution in [3.63, 3.8) is 0 Å². The zero-order valence-corrected chi connectivity index (χ0v) is 14.4. The zero-order valence-electron chi connectivity index (χ0n) is 14.4. The van der Waals surface area contributed by atoms with Gasteiger partial charge < -0.3 is 9.64 Å². The lowest BCUT2D eigenvalue weighted by Gasteiger charge is -2.35. The monoisotopic (exact) mass is 327 g/mol. The minimum Gasteiger partial charge on any atom is -0.364 e. The first-order chi connectivity index (χ1) is 11.7. The Labute approximate surface area is 143 Å². The van der Waals surface area contributed by atoms with Gasteiger partial charge in [0.05, 0.1) is 12.2 Å². The van der Waals surface area contributed by atoms with Crippen LogP contribution in [0.15, 0.2) is 42.7 Å². The lowest BCUT2D eigenvalue weighted by molar-refractivity contribution is -0.145. The summed E-state index contributed by atoms with van der Waals surface area (Å²) in [5, 5.41) is 4.42. The lowest BCUT2D eigenvalue weighted by Crippen LogP contribution is -2.43. The van der Waals surface area contributed by atoms with E-state index in [-0.39, 0.29) is 11.9 Å². The van der Waals surface area contributed by atoms with Gasteiger partial charge in [0.2, 0.25) is 0 Å². The molecule has 0 N–H and O–H groups in total. The Kier molecular flexibility index (Phi) is 5.30. The Balaban J connectivity index is 1.74. The van der Waals surface area contributed by atoms with Crippen molar-refractivity contribution in [2.45, 2.75) is 38.8 Å². The molecule has 1 aromatic carbocycles. The van der Waals surface area contributed by atoms with Crippen LogP contribution in [0.1, 0.15) is 43.0 Å². The lowest BCUT2D eigenvalue weighted by atomic mass is 10.0. The molecule has 3 rings (SSSR count). The Hall–Kier alpha value is -2.14. The van der Waals surface area contributed by atoms with Gasteiger partial charge in [0.15, 0.2) is 6.10 Å². The van der Waals surface area contributed by atoms with Crippen LogP contribution in [0.5, 0.6) is 0 Å². The average molecular weight is 327 g/mol. The fourth-order valence-electron chi connectivity index (χ4n) is 3.27. The van der Waals surface area contributed by atoms with Gasteiger partial charge in [0, 0.05) is 25.9 Å². The normalized spacial score (nSPS) is 19.2. The summed E-state index contributed by atoms with van der Waals surface area (Å²) in [7, 11) is 0. The van der Waals surface area contributed by atoms with E-state index in [1.165, 1.54) is 0 Å². The maximum atomic E-state index is 13.0. The van der Waals surface area contributed by atoms with E-state index < -0.39 is 6.10 Å². The van der Waals surface area contributed by atoms with Crippen LogP contribution in [0.2, 0.25) is 0 Å². The molecule has 2 aromatic rings. The summed E-state index contributed by atoms with van der Waals surface area (Å²) in [6, 6.07) is 10.00. The van der Waals surface area contributed by atoms with Crippen molar-refractivity contribution in [2.75, 3.05) is 19.7 Å². The zero-order chi connectivity index (χ0) is 16.9. The van der Waals surface area contributed by atoms with Crippen molar-refractivity contribution in [3.05, 3.63) is 53.9 Å². The largest absolute Gasteiger partial charge is 0.364 e. The van der Waals surface area contributed by atoms with Gasteiger partial charge in [-0.3, -0.25) is 9.48 Å². The first-order valence-corrected chi connectivity index (χ1v) is 8.65. The maximum Gasteiger partial charge on any atom is 0.256 e. The maximum absolute atomic E-state index is 13.0. The van der Waals surface area contributed by atoms with E-state index in [0.29, 0.717) is 13.2 Å². The number of benzene rings is 1. The van der Waals surface area contributed by atoms with E-state index in [4.69, 9.17) is 4.74 Å². The summed E-state index contributed by atoms with van der Waals surface area (Å²) >= 11 is 0. The first kappa shape index (κ1) is 16.7. The number of carbonyl (C=O) groups excluding carboxylic acids is 1. The number of aromatic nitrogens is 2. The smallest absolute Gasteiger partial charge is 0.256 e. The number of piperidine rings is 1. The van der Waals surface area contributed by atoms with Gasteiger partial charge in [-0.1, -0.05) is 30.3 Å². The molecule has 1 fully saturated rings. The third-order valence-electron chi connectivity index (χ3n) is 4.47.